The minimum Gasteiger partial charge on any atom is -0.469 e. The summed E-state index contributed by atoms with van der Waals surface area (Å²) < 4.78 is 37.9. The molecule has 0 fully saturated rings. The van der Waals surface area contributed by atoms with Crippen molar-refractivity contribution in [3.63, 3.8) is 0 Å². The van der Waals surface area contributed by atoms with Crippen LogP contribution in [0.4, 0.5) is 11.4 Å². The number of rotatable bonds is 10. The Morgan fingerprint density at radius 3 is 2.03 bits per heavy atom. The Bertz CT molecular complexity index is 1380. The number of esters is 2. The Morgan fingerprint density at radius 1 is 0.889 bits per heavy atom. The summed E-state index contributed by atoms with van der Waals surface area (Å²) in [5.41, 5.74) is 1.03. The number of fused-ring (bicyclic) bond motifs is 1. The Kier molecular flexibility index (Phi) is 8.56. The number of terminal acetylenes is 1. The zero-order chi connectivity index (χ0) is 26.3. The molecule has 1 atom stereocenters. The monoisotopic (exact) mass is 508 g/mol. The van der Waals surface area contributed by atoms with Crippen LogP contribution in [0.2, 0.25) is 0 Å². The van der Waals surface area contributed by atoms with Crippen molar-refractivity contribution < 1.29 is 27.5 Å². The van der Waals surface area contributed by atoms with E-state index in [9.17, 15) is 18.0 Å². The fraction of sp³-hybridized carbons (Fsp3) is 0.259. The minimum absolute atomic E-state index is 0.0442. The van der Waals surface area contributed by atoms with Crippen molar-refractivity contribution >= 4 is 44.1 Å². The summed E-state index contributed by atoms with van der Waals surface area (Å²) in [5.74, 6) is 1.55. The van der Waals surface area contributed by atoms with Crippen LogP contribution in [0, 0.1) is 12.3 Å². The Balaban J connectivity index is 2.21. The average molecular weight is 509 g/mol. The number of ether oxygens (including phenoxy) is 2. The van der Waals surface area contributed by atoms with Gasteiger partial charge in [-0.1, -0.05) is 48.4 Å². The highest BCUT2D eigenvalue weighted by Crippen LogP contribution is 2.37. The highest BCUT2D eigenvalue weighted by Gasteiger charge is 2.30. The van der Waals surface area contributed by atoms with Crippen LogP contribution in [0.25, 0.3) is 10.8 Å². The summed E-state index contributed by atoms with van der Waals surface area (Å²) in [6.45, 7) is 1.57. The van der Waals surface area contributed by atoms with Gasteiger partial charge in [-0.05, 0) is 31.2 Å². The van der Waals surface area contributed by atoms with Gasteiger partial charge in [0.2, 0.25) is 0 Å². The summed E-state index contributed by atoms with van der Waals surface area (Å²) >= 11 is 0. The lowest BCUT2D eigenvalue weighted by Crippen LogP contribution is -2.37. The normalized spacial score (nSPS) is 11.8. The second kappa shape index (κ2) is 11.6. The second-order valence-electron chi connectivity index (χ2n) is 8.01. The molecule has 0 aromatic heterocycles. The third-order valence-electron chi connectivity index (χ3n) is 5.77. The van der Waals surface area contributed by atoms with E-state index >= 15 is 0 Å². The first kappa shape index (κ1) is 26.6. The van der Waals surface area contributed by atoms with Crippen LogP contribution < -0.4 is 9.21 Å². The maximum Gasteiger partial charge on any atom is 0.326 e. The van der Waals surface area contributed by atoms with Crippen LogP contribution in [0.3, 0.4) is 0 Å². The topological polar surface area (TPSA) is 93.2 Å². The molecule has 0 amide bonds. The number of hydrogen-bond donors (Lipinski definition) is 0. The van der Waals surface area contributed by atoms with Crippen molar-refractivity contribution in [3.05, 3.63) is 66.7 Å². The van der Waals surface area contributed by atoms with Crippen molar-refractivity contribution in [1.82, 2.24) is 0 Å². The highest BCUT2D eigenvalue weighted by atomic mass is 32.2. The predicted molar refractivity (Wildman–Crippen MR) is 139 cm³/mol. The van der Waals surface area contributed by atoms with E-state index in [1.165, 1.54) is 26.4 Å². The van der Waals surface area contributed by atoms with Crippen LogP contribution in [0.1, 0.15) is 13.3 Å². The zero-order valence-corrected chi connectivity index (χ0v) is 21.2. The Hall–Kier alpha value is -4.03. The zero-order valence-electron chi connectivity index (χ0n) is 20.4. The quantitative estimate of drug-likeness (QED) is 0.305. The molecule has 3 aromatic rings. The van der Waals surface area contributed by atoms with Crippen molar-refractivity contribution in [3.8, 4) is 12.3 Å². The first-order valence-electron chi connectivity index (χ1n) is 11.2. The SMILES string of the molecule is C#CCN(c1ccc(N(CC(=O)OC)S(=O)(=O)c2ccccc2)c2ccccc12)[C@@H](C)CC(=O)OC. The fourth-order valence-corrected chi connectivity index (χ4v) is 5.40. The molecule has 0 saturated carbocycles. The lowest BCUT2D eigenvalue weighted by Gasteiger charge is -2.31. The van der Waals surface area contributed by atoms with Gasteiger partial charge in [-0.2, -0.15) is 0 Å². The number of methoxy groups -OCH3 is 2. The average Bonchev–Trinajstić information content (AvgIpc) is 2.90. The number of hydrogen-bond acceptors (Lipinski definition) is 7. The molecule has 0 aliphatic rings. The number of anilines is 2. The second-order valence-corrected chi connectivity index (χ2v) is 9.87. The molecule has 0 radical (unpaired) electrons. The molecule has 8 nitrogen and oxygen atoms in total. The lowest BCUT2D eigenvalue weighted by atomic mass is 10.0. The van der Waals surface area contributed by atoms with Crippen molar-refractivity contribution in [2.24, 2.45) is 0 Å². The summed E-state index contributed by atoms with van der Waals surface area (Å²) in [5, 5.41) is 1.30. The number of sulfonamides is 1. The Labute approximate surface area is 211 Å². The van der Waals surface area contributed by atoms with E-state index in [2.05, 4.69) is 5.92 Å². The van der Waals surface area contributed by atoms with Gasteiger partial charge in [-0.25, -0.2) is 8.42 Å². The van der Waals surface area contributed by atoms with Gasteiger partial charge in [-0.3, -0.25) is 13.9 Å². The molecule has 188 valence electrons. The predicted octanol–water partition coefficient (Wildman–Crippen LogP) is 3.60. The summed E-state index contributed by atoms with van der Waals surface area (Å²) in [7, 11) is -1.57. The van der Waals surface area contributed by atoms with Gasteiger partial charge in [0.15, 0.2) is 0 Å². The molecular formula is C27H28N2O6S. The molecule has 0 aliphatic carbocycles. The van der Waals surface area contributed by atoms with E-state index in [0.717, 1.165) is 9.99 Å². The van der Waals surface area contributed by atoms with E-state index in [1.807, 2.05) is 24.0 Å². The van der Waals surface area contributed by atoms with Gasteiger partial charge >= 0.3 is 11.9 Å². The highest BCUT2D eigenvalue weighted by molar-refractivity contribution is 7.92. The molecule has 0 heterocycles. The molecule has 0 aliphatic heterocycles. The maximum atomic E-state index is 13.6. The van der Waals surface area contributed by atoms with E-state index in [1.54, 1.807) is 42.5 Å². The molecular weight excluding hydrogens is 480 g/mol. The van der Waals surface area contributed by atoms with E-state index < -0.39 is 22.5 Å². The molecule has 0 saturated heterocycles. The Morgan fingerprint density at radius 2 is 1.44 bits per heavy atom. The van der Waals surface area contributed by atoms with Gasteiger partial charge in [0, 0.05) is 22.5 Å². The van der Waals surface area contributed by atoms with Gasteiger partial charge < -0.3 is 14.4 Å². The van der Waals surface area contributed by atoms with Crippen LogP contribution in [-0.2, 0) is 29.1 Å². The van der Waals surface area contributed by atoms with Crippen LogP contribution in [-0.4, -0.2) is 53.7 Å². The first-order valence-corrected chi connectivity index (χ1v) is 12.6. The summed E-state index contributed by atoms with van der Waals surface area (Å²) in [6.07, 6.45) is 5.75. The molecule has 0 bridgehead atoms. The number of nitrogens with zero attached hydrogens (tertiary/aromatic N) is 2. The van der Waals surface area contributed by atoms with Gasteiger partial charge in [-0.15, -0.1) is 6.42 Å². The third-order valence-corrected chi connectivity index (χ3v) is 7.55. The molecule has 3 aromatic carbocycles. The summed E-state index contributed by atoms with van der Waals surface area (Å²) in [6, 6.07) is 18.2. The van der Waals surface area contributed by atoms with Crippen LogP contribution >= 0.6 is 0 Å². The molecule has 0 spiro atoms. The third kappa shape index (κ3) is 5.61. The smallest absolute Gasteiger partial charge is 0.326 e. The largest absolute Gasteiger partial charge is 0.469 e. The first-order chi connectivity index (χ1) is 17.2. The number of carbonyl (C=O) groups is 2. The fourth-order valence-electron chi connectivity index (χ4n) is 3.95. The molecule has 3 rings (SSSR count). The molecule has 9 heteroatoms. The number of benzene rings is 3. The summed E-state index contributed by atoms with van der Waals surface area (Å²) in [4.78, 5) is 26.1. The van der Waals surface area contributed by atoms with Gasteiger partial charge in [0.25, 0.3) is 10.0 Å². The van der Waals surface area contributed by atoms with Crippen LogP contribution in [0.15, 0.2) is 71.6 Å². The number of carbonyl (C=O) groups excluding carboxylic acids is 2. The maximum absolute atomic E-state index is 13.6. The minimum atomic E-state index is -4.10. The van der Waals surface area contributed by atoms with Crippen molar-refractivity contribution in [2.45, 2.75) is 24.3 Å². The van der Waals surface area contributed by atoms with Crippen molar-refractivity contribution in [1.29, 1.82) is 0 Å². The van der Waals surface area contributed by atoms with Gasteiger partial charge in [0.1, 0.15) is 6.54 Å². The van der Waals surface area contributed by atoms with E-state index in [4.69, 9.17) is 15.9 Å². The molecule has 0 N–H and O–H groups in total. The molecule has 0 unspecified atom stereocenters. The molecule has 36 heavy (non-hydrogen) atoms. The lowest BCUT2D eigenvalue weighted by molar-refractivity contribution is -0.141. The van der Waals surface area contributed by atoms with E-state index in [0.29, 0.717) is 16.5 Å². The van der Waals surface area contributed by atoms with Crippen molar-refractivity contribution in [2.75, 3.05) is 36.5 Å². The van der Waals surface area contributed by atoms with Gasteiger partial charge in [0.05, 0.1) is 37.8 Å². The standard InChI is InChI=1S/C27H28N2O6S/c1-5-17-28(20(2)18-26(30)34-3)24-15-16-25(23-14-10-9-13-22(23)24)29(19-27(31)35-4)36(32,33)21-11-7-6-8-12-21/h1,6-16,20H,17-19H2,2-4H3/t20-/m0/s1. The van der Waals surface area contributed by atoms with Crippen LogP contribution in [0.5, 0.6) is 0 Å². The van der Waals surface area contributed by atoms with E-state index in [-0.39, 0.29) is 29.9 Å².